The number of rotatable bonds is 8. The molecular formula is C23H35N5O7. The molecule has 5 atom stereocenters. The molecule has 2 aromatic rings. The Morgan fingerprint density at radius 2 is 2.00 bits per heavy atom. The van der Waals surface area contributed by atoms with Crippen LogP contribution in [0.2, 0.25) is 0 Å². The lowest BCUT2D eigenvalue weighted by Gasteiger charge is -2.27. The highest BCUT2D eigenvalue weighted by molar-refractivity contribution is 5.97. The summed E-state index contributed by atoms with van der Waals surface area (Å²) in [6.07, 6.45) is -2.21. The maximum Gasteiger partial charge on any atom is 0.313 e. The zero-order valence-electron chi connectivity index (χ0n) is 20.9. The van der Waals surface area contributed by atoms with E-state index in [2.05, 4.69) is 15.4 Å². The first kappa shape index (κ1) is 27.0. The maximum absolute atomic E-state index is 12.4. The molecule has 1 fully saturated rings. The summed E-state index contributed by atoms with van der Waals surface area (Å²) >= 11 is 0. The summed E-state index contributed by atoms with van der Waals surface area (Å²) in [6.45, 7) is 10.1. The third-order valence-corrected chi connectivity index (χ3v) is 6.06. The lowest BCUT2D eigenvalue weighted by Crippen LogP contribution is -2.40. The van der Waals surface area contributed by atoms with Gasteiger partial charge in [-0.25, -0.2) is 9.50 Å². The van der Waals surface area contributed by atoms with Crippen LogP contribution in [0.25, 0.3) is 5.52 Å². The number of nitrogens with two attached hydrogens (primary N) is 1. The molecule has 12 heteroatoms. The number of anilines is 1. The van der Waals surface area contributed by atoms with Gasteiger partial charge < -0.3 is 35.5 Å². The van der Waals surface area contributed by atoms with Gasteiger partial charge in [-0.05, 0) is 45.7 Å². The lowest BCUT2D eigenvalue weighted by atomic mass is 9.93. The summed E-state index contributed by atoms with van der Waals surface area (Å²) in [6, 6.07) is 2.64. The molecule has 5 N–H and O–H groups in total. The number of nitrogens with one attached hydrogen (secondary N) is 1. The molecular weight excluding hydrogens is 458 g/mol. The van der Waals surface area contributed by atoms with Crippen LogP contribution in [0.3, 0.4) is 0 Å². The van der Waals surface area contributed by atoms with E-state index in [-0.39, 0.29) is 31.0 Å². The van der Waals surface area contributed by atoms with E-state index in [9.17, 15) is 19.8 Å². The second-order valence-corrected chi connectivity index (χ2v) is 10.3. The minimum absolute atomic E-state index is 0.0613. The molecule has 1 aliphatic heterocycles. The monoisotopic (exact) mass is 493 g/mol. The molecule has 0 aromatic carbocycles. The highest BCUT2D eigenvalue weighted by Crippen LogP contribution is 2.40. The molecule has 1 amide bonds. The largest absolute Gasteiger partial charge is 0.438 e. The Bertz CT molecular complexity index is 1070. The van der Waals surface area contributed by atoms with Crippen molar-refractivity contribution in [1.29, 1.82) is 0 Å². The molecule has 194 valence electrons. The number of ether oxygens (including phenoxy) is 3. The lowest BCUT2D eigenvalue weighted by molar-refractivity contribution is -0.171. The number of aromatic nitrogens is 3. The van der Waals surface area contributed by atoms with E-state index in [1.807, 2.05) is 13.8 Å². The average molecular weight is 494 g/mol. The molecule has 2 aromatic heterocycles. The van der Waals surface area contributed by atoms with Crippen molar-refractivity contribution in [3.8, 4) is 0 Å². The second-order valence-electron chi connectivity index (χ2n) is 10.3. The maximum atomic E-state index is 12.4. The summed E-state index contributed by atoms with van der Waals surface area (Å²) in [5.41, 5.74) is 4.81. The van der Waals surface area contributed by atoms with E-state index in [1.54, 1.807) is 39.8 Å². The summed E-state index contributed by atoms with van der Waals surface area (Å²) in [4.78, 5) is 28.4. The number of esters is 1. The topological polar surface area (TPSA) is 171 Å². The van der Waals surface area contributed by atoms with Gasteiger partial charge in [0.25, 0.3) is 0 Å². The first-order valence-corrected chi connectivity index (χ1v) is 11.5. The van der Waals surface area contributed by atoms with Crippen LogP contribution in [0.1, 0.15) is 47.2 Å². The fourth-order valence-electron chi connectivity index (χ4n) is 3.71. The smallest absolute Gasteiger partial charge is 0.313 e. The van der Waals surface area contributed by atoms with E-state index >= 15 is 0 Å². The number of amides is 1. The van der Waals surface area contributed by atoms with Gasteiger partial charge in [-0.15, -0.1) is 0 Å². The van der Waals surface area contributed by atoms with Crippen molar-refractivity contribution in [3.63, 3.8) is 0 Å². The highest BCUT2D eigenvalue weighted by atomic mass is 16.7. The van der Waals surface area contributed by atoms with E-state index in [1.165, 1.54) is 10.8 Å². The molecule has 12 nitrogen and oxygen atoms in total. The van der Waals surface area contributed by atoms with Gasteiger partial charge in [-0.3, -0.25) is 9.59 Å². The van der Waals surface area contributed by atoms with Gasteiger partial charge in [0.15, 0.2) is 12.6 Å². The van der Waals surface area contributed by atoms with Gasteiger partial charge in [-0.2, -0.15) is 5.10 Å². The van der Waals surface area contributed by atoms with E-state index in [4.69, 9.17) is 19.9 Å². The van der Waals surface area contributed by atoms with Crippen LogP contribution in [0.15, 0.2) is 18.5 Å². The van der Waals surface area contributed by atoms with Gasteiger partial charge >= 0.3 is 5.97 Å². The number of hydrogen-bond acceptors (Lipinski definition) is 10. The van der Waals surface area contributed by atoms with Crippen molar-refractivity contribution in [3.05, 3.63) is 24.2 Å². The van der Waals surface area contributed by atoms with Crippen molar-refractivity contribution in [2.75, 3.05) is 18.7 Å². The highest BCUT2D eigenvalue weighted by Gasteiger charge is 2.53. The minimum Gasteiger partial charge on any atom is -0.438 e. The number of aliphatic hydroxyl groups excluding tert-OH is 2. The van der Waals surface area contributed by atoms with Gasteiger partial charge in [0.2, 0.25) is 5.91 Å². The normalized spacial score (nSPS) is 25.7. The van der Waals surface area contributed by atoms with Crippen LogP contribution in [0, 0.1) is 11.3 Å². The molecule has 3 rings (SSSR count). The molecule has 0 aliphatic carbocycles. The Morgan fingerprint density at radius 3 is 2.63 bits per heavy atom. The fraction of sp³-hybridized carbons (Fsp3) is 0.652. The Hall–Kier alpha value is -2.64. The molecule has 0 spiro atoms. The number of fused-ring (bicyclic) bond motifs is 1. The van der Waals surface area contributed by atoms with Gasteiger partial charge in [0, 0.05) is 0 Å². The second kappa shape index (κ2) is 10.2. The molecule has 1 aliphatic rings. The number of carbonyl (C=O) groups is 2. The summed E-state index contributed by atoms with van der Waals surface area (Å²) in [7, 11) is 0. The van der Waals surface area contributed by atoms with Crippen molar-refractivity contribution >= 4 is 23.2 Å². The van der Waals surface area contributed by atoms with Crippen LogP contribution < -0.4 is 11.1 Å². The SMILES string of the molecule is CC(C)[C@H](N)C(=O)Nc1ncnn2c([C@]3(C)O[C@H](COCOC(=O)C(C)(C)C)[C@@H](O)[C@H]3O)ccc12. The first-order valence-electron chi connectivity index (χ1n) is 11.5. The summed E-state index contributed by atoms with van der Waals surface area (Å²) in [5, 5.41) is 28.4. The molecule has 0 saturated carbocycles. The van der Waals surface area contributed by atoms with Crippen molar-refractivity contribution in [2.24, 2.45) is 17.1 Å². The van der Waals surface area contributed by atoms with Gasteiger partial charge in [0.05, 0.1) is 23.8 Å². The summed E-state index contributed by atoms with van der Waals surface area (Å²) in [5.74, 6) is -0.614. The zero-order valence-corrected chi connectivity index (χ0v) is 20.9. The standard InChI is InChI=1S/C23H35N5O7/c1-12(2)16(24)20(31)27-19-13-7-8-15(28(13)26-10-25-19)23(6)18(30)17(29)14(35-23)9-33-11-34-21(32)22(3,4)5/h7-8,10,12,14,16-18,29-30H,9,11,24H2,1-6H3,(H,25,26,27,31)/t14-,16+,17-,18-,23+/m1/s1. The third-order valence-electron chi connectivity index (χ3n) is 6.06. The van der Waals surface area contributed by atoms with Gasteiger partial charge in [0.1, 0.15) is 35.8 Å². The van der Waals surface area contributed by atoms with E-state index < -0.39 is 41.3 Å². The Kier molecular flexibility index (Phi) is 7.82. The van der Waals surface area contributed by atoms with E-state index in [0.717, 1.165) is 0 Å². The number of nitrogens with zero attached hydrogens (tertiary/aromatic N) is 3. The third kappa shape index (κ3) is 5.46. The molecule has 3 heterocycles. The fourth-order valence-corrected chi connectivity index (χ4v) is 3.71. The molecule has 0 unspecified atom stereocenters. The molecule has 1 saturated heterocycles. The Balaban J connectivity index is 1.75. The predicted octanol–water partition coefficient (Wildman–Crippen LogP) is 0.550. The summed E-state index contributed by atoms with van der Waals surface area (Å²) < 4.78 is 18.0. The first-order chi connectivity index (χ1) is 16.3. The van der Waals surface area contributed by atoms with Crippen LogP contribution in [0.5, 0.6) is 0 Å². The molecule has 35 heavy (non-hydrogen) atoms. The zero-order chi connectivity index (χ0) is 26.1. The number of carbonyl (C=O) groups excluding carboxylic acids is 2. The quantitative estimate of drug-likeness (QED) is 0.231. The molecule has 0 radical (unpaired) electrons. The van der Waals surface area contributed by atoms with Crippen LogP contribution >= 0.6 is 0 Å². The van der Waals surface area contributed by atoms with Gasteiger partial charge in [-0.1, -0.05) is 13.8 Å². The van der Waals surface area contributed by atoms with E-state index in [0.29, 0.717) is 11.2 Å². The van der Waals surface area contributed by atoms with Crippen molar-refractivity contribution in [2.45, 2.75) is 71.5 Å². The van der Waals surface area contributed by atoms with Crippen LogP contribution in [-0.4, -0.2) is 74.4 Å². The van der Waals surface area contributed by atoms with Crippen LogP contribution in [-0.2, 0) is 29.4 Å². The molecule has 0 bridgehead atoms. The predicted molar refractivity (Wildman–Crippen MR) is 125 cm³/mol. The minimum atomic E-state index is -1.36. The number of hydrogen-bond donors (Lipinski definition) is 4. The number of aliphatic hydroxyl groups is 2. The Morgan fingerprint density at radius 1 is 1.31 bits per heavy atom. The Labute approximate surface area is 203 Å². The van der Waals surface area contributed by atoms with Crippen LogP contribution in [0.4, 0.5) is 5.82 Å². The average Bonchev–Trinajstić information content (AvgIpc) is 3.32. The van der Waals surface area contributed by atoms with Crippen molar-refractivity contribution in [1.82, 2.24) is 14.6 Å². The van der Waals surface area contributed by atoms with Crippen molar-refractivity contribution < 1.29 is 34.0 Å².